The molecular weight excluding hydrogens is 260 g/mol. The summed E-state index contributed by atoms with van der Waals surface area (Å²) in [6.45, 7) is 12.0. The number of likely N-dealkylation sites (tertiary alicyclic amines) is 1. The molecule has 0 bridgehead atoms. The lowest BCUT2D eigenvalue weighted by Gasteiger charge is -2.32. The van der Waals surface area contributed by atoms with E-state index >= 15 is 0 Å². The lowest BCUT2D eigenvalue weighted by atomic mass is 9.96. The van der Waals surface area contributed by atoms with E-state index in [-0.39, 0.29) is 0 Å². The zero-order valence-corrected chi connectivity index (χ0v) is 14.7. The molecule has 1 rings (SSSR count). The molecule has 1 aliphatic heterocycles. The Morgan fingerprint density at radius 3 is 2.33 bits per heavy atom. The van der Waals surface area contributed by atoms with Crippen molar-refractivity contribution in [3.8, 4) is 0 Å². The van der Waals surface area contributed by atoms with Crippen LogP contribution in [0.2, 0.25) is 0 Å². The highest BCUT2D eigenvalue weighted by atomic mass is 16.2. The van der Waals surface area contributed by atoms with Gasteiger partial charge in [0.25, 0.3) is 0 Å². The number of hydrogen-bond acceptors (Lipinski definition) is 2. The number of carbonyl (C=O) groups is 1. The van der Waals surface area contributed by atoms with Crippen molar-refractivity contribution in [2.75, 3.05) is 19.6 Å². The number of hydrogen-bond donors (Lipinski definition) is 1. The first-order valence-electron chi connectivity index (χ1n) is 9.00. The van der Waals surface area contributed by atoms with Gasteiger partial charge in [-0.1, -0.05) is 47.0 Å². The van der Waals surface area contributed by atoms with Gasteiger partial charge in [0.05, 0.1) is 0 Å². The molecule has 0 saturated carbocycles. The van der Waals surface area contributed by atoms with Gasteiger partial charge in [-0.3, -0.25) is 4.79 Å². The summed E-state index contributed by atoms with van der Waals surface area (Å²) >= 11 is 0. The van der Waals surface area contributed by atoms with Gasteiger partial charge in [0.15, 0.2) is 0 Å². The predicted molar refractivity (Wildman–Crippen MR) is 90.4 cm³/mol. The number of piperidine rings is 1. The van der Waals surface area contributed by atoms with Crippen molar-refractivity contribution in [1.29, 1.82) is 0 Å². The van der Waals surface area contributed by atoms with Crippen LogP contribution in [0.3, 0.4) is 0 Å². The SMILES string of the molecule is CC(C)CCCCCC(=O)N1CCC(CNC(C)C)CC1. The van der Waals surface area contributed by atoms with Crippen LogP contribution in [0.5, 0.6) is 0 Å². The Morgan fingerprint density at radius 1 is 1.10 bits per heavy atom. The second-order valence-corrected chi connectivity index (χ2v) is 7.38. The van der Waals surface area contributed by atoms with E-state index in [0.717, 1.165) is 44.3 Å². The minimum atomic E-state index is 0.384. The molecule has 1 amide bonds. The fourth-order valence-electron chi connectivity index (χ4n) is 2.95. The second kappa shape index (κ2) is 10.2. The summed E-state index contributed by atoms with van der Waals surface area (Å²) in [7, 11) is 0. The summed E-state index contributed by atoms with van der Waals surface area (Å²) in [6, 6.07) is 0.565. The minimum Gasteiger partial charge on any atom is -0.343 e. The topological polar surface area (TPSA) is 32.3 Å². The van der Waals surface area contributed by atoms with Crippen molar-refractivity contribution in [3.05, 3.63) is 0 Å². The maximum absolute atomic E-state index is 12.2. The van der Waals surface area contributed by atoms with Gasteiger partial charge in [-0.25, -0.2) is 0 Å². The molecule has 0 aromatic carbocycles. The Kier molecular flexibility index (Phi) is 8.98. The van der Waals surface area contributed by atoms with Crippen LogP contribution in [0.4, 0.5) is 0 Å². The molecule has 1 saturated heterocycles. The number of amides is 1. The molecule has 1 N–H and O–H groups in total. The Balaban J connectivity index is 2.08. The molecule has 1 heterocycles. The predicted octanol–water partition coefficient (Wildman–Crippen LogP) is 3.83. The maximum atomic E-state index is 12.2. The molecule has 0 spiro atoms. The van der Waals surface area contributed by atoms with Crippen LogP contribution < -0.4 is 5.32 Å². The van der Waals surface area contributed by atoms with Gasteiger partial charge in [-0.05, 0) is 37.6 Å². The molecule has 0 aromatic rings. The van der Waals surface area contributed by atoms with Gasteiger partial charge >= 0.3 is 0 Å². The first kappa shape index (κ1) is 18.5. The van der Waals surface area contributed by atoms with Gasteiger partial charge in [0.2, 0.25) is 5.91 Å². The number of carbonyl (C=O) groups excluding carboxylic acids is 1. The molecule has 21 heavy (non-hydrogen) atoms. The molecule has 0 unspecified atom stereocenters. The second-order valence-electron chi connectivity index (χ2n) is 7.38. The smallest absolute Gasteiger partial charge is 0.222 e. The highest BCUT2D eigenvalue weighted by molar-refractivity contribution is 5.76. The van der Waals surface area contributed by atoms with Crippen LogP contribution in [0, 0.1) is 11.8 Å². The summed E-state index contributed by atoms with van der Waals surface area (Å²) in [5.74, 6) is 1.93. The third-order valence-electron chi connectivity index (χ3n) is 4.45. The van der Waals surface area contributed by atoms with Gasteiger partial charge < -0.3 is 10.2 Å². The van der Waals surface area contributed by atoms with Crippen LogP contribution in [-0.2, 0) is 4.79 Å². The Bertz CT molecular complexity index is 281. The van der Waals surface area contributed by atoms with E-state index in [1.165, 1.54) is 32.1 Å². The third kappa shape index (κ3) is 8.45. The number of unbranched alkanes of at least 4 members (excludes halogenated alkanes) is 2. The lowest BCUT2D eigenvalue weighted by Crippen LogP contribution is -2.41. The zero-order chi connectivity index (χ0) is 15.7. The molecule has 0 atom stereocenters. The van der Waals surface area contributed by atoms with Crippen LogP contribution >= 0.6 is 0 Å². The number of nitrogens with zero attached hydrogens (tertiary/aromatic N) is 1. The van der Waals surface area contributed by atoms with E-state index in [1.807, 2.05) is 0 Å². The van der Waals surface area contributed by atoms with Crippen molar-refractivity contribution < 1.29 is 4.79 Å². The average molecular weight is 296 g/mol. The molecule has 0 aliphatic carbocycles. The van der Waals surface area contributed by atoms with E-state index in [0.29, 0.717) is 11.9 Å². The lowest BCUT2D eigenvalue weighted by molar-refractivity contribution is -0.132. The Hall–Kier alpha value is -0.570. The molecule has 1 aliphatic rings. The van der Waals surface area contributed by atoms with Crippen molar-refractivity contribution in [1.82, 2.24) is 10.2 Å². The van der Waals surface area contributed by atoms with Crippen molar-refractivity contribution in [2.24, 2.45) is 11.8 Å². The first-order valence-corrected chi connectivity index (χ1v) is 9.00. The molecule has 1 fully saturated rings. The quantitative estimate of drug-likeness (QED) is 0.656. The van der Waals surface area contributed by atoms with E-state index < -0.39 is 0 Å². The van der Waals surface area contributed by atoms with Crippen LogP contribution in [0.15, 0.2) is 0 Å². The molecule has 124 valence electrons. The van der Waals surface area contributed by atoms with Gasteiger partial charge in [0, 0.05) is 25.6 Å². The standard InChI is InChI=1S/C18H36N2O/c1-15(2)8-6-5-7-9-18(21)20-12-10-17(11-13-20)14-19-16(3)4/h15-17,19H,5-14H2,1-4H3. The van der Waals surface area contributed by atoms with E-state index in [1.54, 1.807) is 0 Å². The van der Waals surface area contributed by atoms with Crippen molar-refractivity contribution in [2.45, 2.75) is 78.7 Å². The monoisotopic (exact) mass is 296 g/mol. The molecule has 3 nitrogen and oxygen atoms in total. The summed E-state index contributed by atoms with van der Waals surface area (Å²) < 4.78 is 0. The fraction of sp³-hybridized carbons (Fsp3) is 0.944. The molecule has 3 heteroatoms. The molecule has 0 aromatic heterocycles. The molecule has 0 radical (unpaired) electrons. The average Bonchev–Trinajstić information content (AvgIpc) is 2.44. The number of rotatable bonds is 9. The van der Waals surface area contributed by atoms with Crippen LogP contribution in [-0.4, -0.2) is 36.5 Å². The number of nitrogens with one attached hydrogen (secondary N) is 1. The first-order chi connectivity index (χ1) is 9.99. The van der Waals surface area contributed by atoms with Gasteiger partial charge in [0.1, 0.15) is 0 Å². The normalized spacial score (nSPS) is 17.0. The Labute approximate surface area is 131 Å². The maximum Gasteiger partial charge on any atom is 0.222 e. The highest BCUT2D eigenvalue weighted by Gasteiger charge is 2.22. The summed E-state index contributed by atoms with van der Waals surface area (Å²) in [6.07, 6.45) is 7.93. The van der Waals surface area contributed by atoms with Crippen LogP contribution in [0.1, 0.15) is 72.6 Å². The zero-order valence-electron chi connectivity index (χ0n) is 14.7. The van der Waals surface area contributed by atoms with Gasteiger partial charge in [-0.15, -0.1) is 0 Å². The van der Waals surface area contributed by atoms with Crippen molar-refractivity contribution >= 4 is 5.91 Å². The van der Waals surface area contributed by atoms with Crippen LogP contribution in [0.25, 0.3) is 0 Å². The summed E-state index contributed by atoms with van der Waals surface area (Å²) in [5, 5.41) is 3.51. The largest absolute Gasteiger partial charge is 0.343 e. The van der Waals surface area contributed by atoms with Crippen molar-refractivity contribution in [3.63, 3.8) is 0 Å². The third-order valence-corrected chi connectivity index (χ3v) is 4.45. The van der Waals surface area contributed by atoms with E-state index in [9.17, 15) is 4.79 Å². The molecular formula is C18H36N2O. The fourth-order valence-corrected chi connectivity index (χ4v) is 2.95. The highest BCUT2D eigenvalue weighted by Crippen LogP contribution is 2.18. The van der Waals surface area contributed by atoms with E-state index in [2.05, 4.69) is 37.9 Å². The van der Waals surface area contributed by atoms with Gasteiger partial charge in [-0.2, -0.15) is 0 Å². The summed E-state index contributed by atoms with van der Waals surface area (Å²) in [4.78, 5) is 14.3. The Morgan fingerprint density at radius 2 is 1.76 bits per heavy atom. The minimum absolute atomic E-state index is 0.384. The van der Waals surface area contributed by atoms with E-state index in [4.69, 9.17) is 0 Å². The summed E-state index contributed by atoms with van der Waals surface area (Å²) in [5.41, 5.74) is 0.